The number of hydrogen-bond acceptors (Lipinski definition) is 0. The molecule has 0 aliphatic heterocycles. The van der Waals surface area contributed by atoms with Crippen LogP contribution in [0.2, 0.25) is 0 Å². The van der Waals surface area contributed by atoms with Gasteiger partial charge in [0.25, 0.3) is 0 Å². The van der Waals surface area contributed by atoms with Crippen LogP contribution in [0.3, 0.4) is 0 Å². The molecule has 0 bridgehead atoms. The Morgan fingerprint density at radius 3 is 2.50 bits per heavy atom. The lowest BCUT2D eigenvalue weighted by atomic mass is 10.2. The van der Waals surface area contributed by atoms with Crippen LogP contribution in [0.1, 0.15) is 20.3 Å². The van der Waals surface area contributed by atoms with Gasteiger partial charge in [-0.3, -0.25) is 0 Å². The van der Waals surface area contributed by atoms with Gasteiger partial charge in [-0.1, -0.05) is 36.5 Å². The molecule has 1 heteroatoms. The summed E-state index contributed by atoms with van der Waals surface area (Å²) in [5, 5.41) is 0. The zero-order chi connectivity index (χ0) is 9.40. The van der Waals surface area contributed by atoms with Crippen LogP contribution in [-0.2, 0) is 0 Å². The number of allylic oxidation sites excluding steroid dienone is 7. The Balaban J connectivity index is 3.64. The van der Waals surface area contributed by atoms with Crippen molar-refractivity contribution in [2.75, 3.05) is 0 Å². The maximum atomic E-state index is 12.0. The molecular weight excluding hydrogens is 151 g/mol. The van der Waals surface area contributed by atoms with E-state index in [1.54, 1.807) is 6.08 Å². The second-order valence-electron chi connectivity index (χ2n) is 2.75. The van der Waals surface area contributed by atoms with E-state index in [2.05, 4.69) is 12.7 Å². The van der Waals surface area contributed by atoms with Crippen molar-refractivity contribution in [1.29, 1.82) is 0 Å². The fourth-order valence-electron chi connectivity index (χ4n) is 0.621. The summed E-state index contributed by atoms with van der Waals surface area (Å²) in [6, 6.07) is 0. The molecule has 66 valence electrons. The number of halogens is 1. The summed E-state index contributed by atoms with van der Waals surface area (Å²) in [6.45, 7) is 7.20. The molecule has 0 unspecified atom stereocenters. The van der Waals surface area contributed by atoms with Gasteiger partial charge in [-0.2, -0.15) is 0 Å². The molecule has 0 amide bonds. The van der Waals surface area contributed by atoms with Crippen LogP contribution in [0, 0.1) is 0 Å². The smallest absolute Gasteiger partial charge is 0.116 e. The molecule has 0 aliphatic carbocycles. The van der Waals surface area contributed by atoms with Crippen LogP contribution in [0.4, 0.5) is 4.39 Å². The summed E-state index contributed by atoms with van der Waals surface area (Å²) < 4.78 is 12.0. The molecule has 12 heavy (non-hydrogen) atoms. The lowest BCUT2D eigenvalue weighted by Gasteiger charge is -1.84. The van der Waals surface area contributed by atoms with Gasteiger partial charge in [0.15, 0.2) is 0 Å². The van der Waals surface area contributed by atoms with E-state index in [1.165, 1.54) is 11.6 Å². The molecule has 0 radical (unpaired) electrons. The summed E-state index contributed by atoms with van der Waals surface area (Å²) >= 11 is 0. The first-order valence-electron chi connectivity index (χ1n) is 3.94. The second kappa shape index (κ2) is 6.59. The highest BCUT2D eigenvalue weighted by atomic mass is 19.1. The lowest BCUT2D eigenvalue weighted by Crippen LogP contribution is -1.63. The van der Waals surface area contributed by atoms with E-state index in [4.69, 9.17) is 0 Å². The van der Waals surface area contributed by atoms with E-state index in [1.807, 2.05) is 26.0 Å². The van der Waals surface area contributed by atoms with E-state index in [0.717, 1.165) is 6.42 Å². The van der Waals surface area contributed by atoms with Gasteiger partial charge in [0.1, 0.15) is 5.83 Å². The first-order valence-corrected chi connectivity index (χ1v) is 3.94. The van der Waals surface area contributed by atoms with Crippen molar-refractivity contribution in [3.8, 4) is 0 Å². The lowest BCUT2D eigenvalue weighted by molar-refractivity contribution is 0.671. The van der Waals surface area contributed by atoms with Crippen LogP contribution in [0.15, 0.2) is 48.4 Å². The normalized spacial score (nSPS) is 10.9. The van der Waals surface area contributed by atoms with Crippen molar-refractivity contribution in [2.24, 2.45) is 0 Å². The molecule has 0 saturated heterocycles. The third-order valence-corrected chi connectivity index (χ3v) is 1.19. The van der Waals surface area contributed by atoms with Gasteiger partial charge >= 0.3 is 0 Å². The van der Waals surface area contributed by atoms with Crippen LogP contribution in [0.25, 0.3) is 0 Å². The summed E-state index contributed by atoms with van der Waals surface area (Å²) in [5.74, 6) is -0.415. The van der Waals surface area contributed by atoms with Crippen molar-refractivity contribution in [1.82, 2.24) is 0 Å². The molecule has 0 rings (SSSR count). The molecule has 0 atom stereocenters. The van der Waals surface area contributed by atoms with Gasteiger partial charge < -0.3 is 0 Å². The third kappa shape index (κ3) is 8.89. The van der Waals surface area contributed by atoms with Gasteiger partial charge in [0.05, 0.1) is 0 Å². The number of hydrogen-bond donors (Lipinski definition) is 0. The van der Waals surface area contributed by atoms with Crippen molar-refractivity contribution in [3.05, 3.63) is 48.4 Å². The molecule has 0 aromatic heterocycles. The van der Waals surface area contributed by atoms with E-state index in [0.29, 0.717) is 0 Å². The SMILES string of the molecule is C=C(F)/C=C\C=C/CC=C(C)C. The molecular formula is C11H15F. The average Bonchev–Trinajstić information content (AvgIpc) is 1.95. The minimum atomic E-state index is -0.415. The highest BCUT2D eigenvalue weighted by Gasteiger charge is 1.75. The molecule has 0 aliphatic rings. The molecule has 0 aromatic rings. The first-order chi connectivity index (χ1) is 5.63. The molecule has 0 spiro atoms. The Kier molecular flexibility index (Phi) is 5.98. The predicted octanol–water partition coefficient (Wildman–Crippen LogP) is 3.94. The fraction of sp³-hybridized carbons (Fsp3) is 0.273. The zero-order valence-electron chi connectivity index (χ0n) is 7.68. The highest BCUT2D eigenvalue weighted by molar-refractivity contribution is 5.14. The van der Waals surface area contributed by atoms with Crippen molar-refractivity contribution in [3.63, 3.8) is 0 Å². The van der Waals surface area contributed by atoms with Gasteiger partial charge in [-0.25, -0.2) is 4.39 Å². The first kappa shape index (κ1) is 10.9. The third-order valence-electron chi connectivity index (χ3n) is 1.19. The topological polar surface area (TPSA) is 0 Å². The molecule has 0 nitrogen and oxygen atoms in total. The van der Waals surface area contributed by atoms with Crippen LogP contribution >= 0.6 is 0 Å². The standard InChI is InChI=1S/C11H15F/c1-10(2)8-6-4-5-7-9-11(3)12/h4-5,7-9H,3,6H2,1-2H3/b5-4-,9-7-. The molecule has 0 fully saturated rings. The predicted molar refractivity (Wildman–Crippen MR) is 52.6 cm³/mol. The molecule has 0 N–H and O–H groups in total. The Hall–Kier alpha value is -1.11. The largest absolute Gasteiger partial charge is 0.208 e. The maximum absolute atomic E-state index is 12.0. The minimum absolute atomic E-state index is 0.415. The van der Waals surface area contributed by atoms with E-state index in [-0.39, 0.29) is 0 Å². The summed E-state index contributed by atoms with van der Waals surface area (Å²) in [7, 11) is 0. The summed E-state index contributed by atoms with van der Waals surface area (Å²) in [5.41, 5.74) is 1.29. The van der Waals surface area contributed by atoms with E-state index >= 15 is 0 Å². The second-order valence-corrected chi connectivity index (χ2v) is 2.75. The van der Waals surface area contributed by atoms with Crippen LogP contribution < -0.4 is 0 Å². The maximum Gasteiger partial charge on any atom is 0.116 e. The molecule has 0 saturated carbocycles. The zero-order valence-corrected chi connectivity index (χ0v) is 7.68. The van der Waals surface area contributed by atoms with Crippen molar-refractivity contribution >= 4 is 0 Å². The fourth-order valence-corrected chi connectivity index (χ4v) is 0.621. The van der Waals surface area contributed by atoms with Gasteiger partial charge in [-0.05, 0) is 26.3 Å². The Labute approximate surface area is 73.8 Å². The Morgan fingerprint density at radius 2 is 2.00 bits per heavy atom. The Morgan fingerprint density at radius 1 is 1.33 bits per heavy atom. The van der Waals surface area contributed by atoms with Crippen LogP contribution in [-0.4, -0.2) is 0 Å². The molecule has 0 heterocycles. The Bertz CT molecular complexity index is 215. The highest BCUT2D eigenvalue weighted by Crippen LogP contribution is 1.96. The quantitative estimate of drug-likeness (QED) is 0.438. The van der Waals surface area contributed by atoms with E-state index in [9.17, 15) is 4.39 Å². The van der Waals surface area contributed by atoms with Gasteiger partial charge in [0.2, 0.25) is 0 Å². The van der Waals surface area contributed by atoms with Crippen LogP contribution in [0.5, 0.6) is 0 Å². The summed E-state index contributed by atoms with van der Waals surface area (Å²) in [4.78, 5) is 0. The van der Waals surface area contributed by atoms with Gasteiger partial charge in [0, 0.05) is 0 Å². The monoisotopic (exact) mass is 166 g/mol. The van der Waals surface area contributed by atoms with E-state index < -0.39 is 5.83 Å². The average molecular weight is 166 g/mol. The summed E-state index contributed by atoms with van der Waals surface area (Å²) in [6.07, 6.45) is 9.75. The number of rotatable bonds is 4. The van der Waals surface area contributed by atoms with Gasteiger partial charge in [-0.15, -0.1) is 0 Å². The molecule has 0 aromatic carbocycles. The van der Waals surface area contributed by atoms with Crippen molar-refractivity contribution < 1.29 is 4.39 Å². The minimum Gasteiger partial charge on any atom is -0.208 e. The van der Waals surface area contributed by atoms with Crippen molar-refractivity contribution in [2.45, 2.75) is 20.3 Å².